The van der Waals surface area contributed by atoms with E-state index in [1.165, 1.54) is 0 Å². The molecule has 0 aliphatic rings. The van der Waals surface area contributed by atoms with Crippen molar-refractivity contribution < 1.29 is 4.74 Å². The summed E-state index contributed by atoms with van der Waals surface area (Å²) in [4.78, 5) is 0. The zero-order chi connectivity index (χ0) is 17.6. The molecule has 0 aliphatic heterocycles. The predicted octanol–water partition coefficient (Wildman–Crippen LogP) is 5.17. The predicted molar refractivity (Wildman–Crippen MR) is 103 cm³/mol. The first-order valence-electron chi connectivity index (χ1n) is 7.79. The molecule has 0 radical (unpaired) electrons. The van der Waals surface area contributed by atoms with Crippen LogP contribution < -0.4 is 4.74 Å². The first-order chi connectivity index (χ1) is 12.1. The van der Waals surface area contributed by atoms with Crippen molar-refractivity contribution in [3.8, 4) is 11.4 Å². The molecule has 3 rings (SSSR count). The minimum atomic E-state index is 0.277. The molecule has 0 fully saturated rings. The number of thioether (sulfide) groups is 1. The Balaban J connectivity index is 1.88. The molecular formula is C19H18ClN3OS. The molecule has 0 aliphatic carbocycles. The Bertz CT molecular complexity index is 864. The van der Waals surface area contributed by atoms with Gasteiger partial charge in [-0.05, 0) is 31.2 Å². The molecule has 4 nitrogen and oxygen atoms in total. The first kappa shape index (κ1) is 17.6. The maximum absolute atomic E-state index is 6.16. The number of para-hydroxylation sites is 2. The van der Waals surface area contributed by atoms with Crippen molar-refractivity contribution in [3.05, 3.63) is 77.6 Å². The monoisotopic (exact) mass is 371 g/mol. The average molecular weight is 372 g/mol. The minimum absolute atomic E-state index is 0.277. The van der Waals surface area contributed by atoms with Crippen molar-refractivity contribution >= 4 is 23.4 Å². The molecular weight excluding hydrogens is 354 g/mol. The van der Waals surface area contributed by atoms with Crippen molar-refractivity contribution in [1.29, 1.82) is 0 Å². The number of halogens is 1. The molecule has 1 heterocycles. The number of hydrogen-bond acceptors (Lipinski definition) is 4. The Morgan fingerprint density at radius 3 is 2.56 bits per heavy atom. The van der Waals surface area contributed by atoms with Gasteiger partial charge in [-0.1, -0.05) is 65.8 Å². The average Bonchev–Trinajstić information content (AvgIpc) is 3.03. The summed E-state index contributed by atoms with van der Waals surface area (Å²) < 4.78 is 7.85. The molecule has 0 bridgehead atoms. The van der Waals surface area contributed by atoms with Gasteiger partial charge < -0.3 is 4.74 Å². The largest absolute Gasteiger partial charge is 0.484 e. The molecule has 6 heteroatoms. The van der Waals surface area contributed by atoms with E-state index in [2.05, 4.69) is 16.8 Å². The fraction of sp³-hybridized carbons (Fsp3) is 0.158. The van der Waals surface area contributed by atoms with Crippen molar-refractivity contribution in [2.24, 2.45) is 0 Å². The van der Waals surface area contributed by atoms with Crippen molar-refractivity contribution in [1.82, 2.24) is 14.8 Å². The van der Waals surface area contributed by atoms with Gasteiger partial charge >= 0.3 is 0 Å². The lowest BCUT2D eigenvalue weighted by Gasteiger charge is -2.11. The fourth-order valence-electron chi connectivity index (χ4n) is 2.22. The normalized spacial score (nSPS) is 10.6. The fourth-order valence-corrected chi connectivity index (χ4v) is 3.22. The van der Waals surface area contributed by atoms with Gasteiger partial charge in [0.25, 0.3) is 0 Å². The Morgan fingerprint density at radius 2 is 1.84 bits per heavy atom. The van der Waals surface area contributed by atoms with Crippen LogP contribution >= 0.6 is 23.4 Å². The highest BCUT2D eigenvalue weighted by atomic mass is 35.5. The zero-order valence-corrected chi connectivity index (χ0v) is 15.4. The highest BCUT2D eigenvalue weighted by Crippen LogP contribution is 2.26. The van der Waals surface area contributed by atoms with Gasteiger partial charge in [-0.25, -0.2) is 0 Å². The van der Waals surface area contributed by atoms with E-state index in [4.69, 9.17) is 16.3 Å². The molecule has 3 aromatic rings. The summed E-state index contributed by atoms with van der Waals surface area (Å²) in [5.74, 6) is 2.13. The topological polar surface area (TPSA) is 39.9 Å². The highest BCUT2D eigenvalue weighted by molar-refractivity contribution is 7.99. The third kappa shape index (κ3) is 4.44. The van der Waals surface area contributed by atoms with Gasteiger partial charge in [-0.2, -0.15) is 0 Å². The summed E-state index contributed by atoms with van der Waals surface area (Å²) in [5, 5.41) is 10.0. The second kappa shape index (κ2) is 8.23. The van der Waals surface area contributed by atoms with Crippen molar-refractivity contribution in [2.75, 3.05) is 5.75 Å². The molecule has 0 saturated carbocycles. The maximum Gasteiger partial charge on any atom is 0.196 e. The van der Waals surface area contributed by atoms with Crippen LogP contribution in [-0.4, -0.2) is 20.5 Å². The lowest BCUT2D eigenvalue weighted by atomic mass is 10.3. The van der Waals surface area contributed by atoms with Gasteiger partial charge in [0, 0.05) is 11.4 Å². The van der Waals surface area contributed by atoms with Crippen LogP contribution in [0.4, 0.5) is 0 Å². The number of hydrogen-bond donors (Lipinski definition) is 0. The van der Waals surface area contributed by atoms with Crippen LogP contribution in [0.2, 0.25) is 5.02 Å². The number of nitrogens with zero attached hydrogens (tertiary/aromatic N) is 3. The van der Waals surface area contributed by atoms with Crippen LogP contribution in [0, 0.1) is 0 Å². The van der Waals surface area contributed by atoms with Gasteiger partial charge in [-0.15, -0.1) is 10.2 Å². The second-order valence-corrected chi connectivity index (χ2v) is 6.88. The number of aromatic nitrogens is 3. The maximum atomic E-state index is 6.16. The Kier molecular flexibility index (Phi) is 5.79. The van der Waals surface area contributed by atoms with Crippen LogP contribution in [0.25, 0.3) is 5.69 Å². The van der Waals surface area contributed by atoms with E-state index < -0.39 is 0 Å². The van der Waals surface area contributed by atoms with Gasteiger partial charge in [0.2, 0.25) is 0 Å². The van der Waals surface area contributed by atoms with Crippen molar-refractivity contribution in [3.63, 3.8) is 0 Å². The highest BCUT2D eigenvalue weighted by Gasteiger charge is 2.15. The quantitative estimate of drug-likeness (QED) is 0.424. The summed E-state index contributed by atoms with van der Waals surface area (Å²) in [5.41, 5.74) is 2.08. The van der Waals surface area contributed by atoms with Crippen LogP contribution in [0.3, 0.4) is 0 Å². The number of benzene rings is 2. The third-order valence-electron chi connectivity index (χ3n) is 3.36. The van der Waals surface area contributed by atoms with Crippen LogP contribution in [0.15, 0.2) is 71.9 Å². The molecule has 25 heavy (non-hydrogen) atoms. The van der Waals surface area contributed by atoms with Gasteiger partial charge in [0.15, 0.2) is 11.0 Å². The Hall–Kier alpha value is -2.24. The number of rotatable bonds is 7. The van der Waals surface area contributed by atoms with Gasteiger partial charge in [0.05, 0.1) is 5.02 Å². The summed E-state index contributed by atoms with van der Waals surface area (Å²) in [6, 6.07) is 17.4. The van der Waals surface area contributed by atoms with Crippen LogP contribution in [0.5, 0.6) is 5.75 Å². The molecule has 0 spiro atoms. The molecule has 1 aromatic heterocycles. The van der Waals surface area contributed by atoms with E-state index in [-0.39, 0.29) is 6.61 Å². The minimum Gasteiger partial charge on any atom is -0.484 e. The summed E-state index contributed by atoms with van der Waals surface area (Å²) in [6.07, 6.45) is 0. The van der Waals surface area contributed by atoms with E-state index in [1.54, 1.807) is 17.8 Å². The lowest BCUT2D eigenvalue weighted by Crippen LogP contribution is -2.07. The van der Waals surface area contributed by atoms with E-state index in [0.717, 1.165) is 28.0 Å². The van der Waals surface area contributed by atoms with E-state index >= 15 is 0 Å². The summed E-state index contributed by atoms with van der Waals surface area (Å²) >= 11 is 7.76. The third-order valence-corrected chi connectivity index (χ3v) is 4.83. The van der Waals surface area contributed by atoms with Gasteiger partial charge in [0.1, 0.15) is 12.4 Å². The zero-order valence-electron chi connectivity index (χ0n) is 13.9. The van der Waals surface area contributed by atoms with E-state index in [1.807, 2.05) is 60.0 Å². The van der Waals surface area contributed by atoms with Crippen LogP contribution in [0.1, 0.15) is 12.7 Å². The molecule has 0 atom stereocenters. The molecule has 0 amide bonds. The van der Waals surface area contributed by atoms with Gasteiger partial charge in [-0.3, -0.25) is 4.57 Å². The van der Waals surface area contributed by atoms with Crippen molar-refractivity contribution in [2.45, 2.75) is 18.7 Å². The first-order valence-corrected chi connectivity index (χ1v) is 9.15. The van der Waals surface area contributed by atoms with Crippen LogP contribution in [-0.2, 0) is 6.61 Å². The molecule has 0 N–H and O–H groups in total. The van der Waals surface area contributed by atoms with E-state index in [0.29, 0.717) is 10.8 Å². The SMILES string of the molecule is C=C(C)CSc1nnc(COc2ccccc2Cl)n1-c1ccccc1. The smallest absolute Gasteiger partial charge is 0.196 e. The second-order valence-electron chi connectivity index (χ2n) is 5.53. The van der Waals surface area contributed by atoms with E-state index in [9.17, 15) is 0 Å². The molecule has 0 saturated heterocycles. The standard InChI is InChI=1S/C19H18ClN3OS/c1-14(2)13-25-19-22-21-18(23(19)15-8-4-3-5-9-15)12-24-17-11-7-6-10-16(17)20/h3-11H,1,12-13H2,2H3. The summed E-state index contributed by atoms with van der Waals surface area (Å²) in [7, 11) is 0. The molecule has 2 aromatic carbocycles. The lowest BCUT2D eigenvalue weighted by molar-refractivity contribution is 0.293. The number of ether oxygens (including phenoxy) is 1. The summed E-state index contributed by atoms with van der Waals surface area (Å²) in [6.45, 7) is 6.22. The Labute approximate surface area is 156 Å². The molecule has 0 unspecified atom stereocenters. The molecule has 128 valence electrons. The Morgan fingerprint density at radius 1 is 1.12 bits per heavy atom.